The molecule has 0 saturated carbocycles. The minimum absolute atomic E-state index is 0.0586. The van der Waals surface area contributed by atoms with Crippen LogP contribution in [0.2, 0.25) is 0 Å². The average molecular weight is 264 g/mol. The van der Waals surface area contributed by atoms with Crippen molar-refractivity contribution >= 4 is 0 Å². The van der Waals surface area contributed by atoms with Crippen LogP contribution in [0.5, 0.6) is 0 Å². The molecule has 0 saturated heterocycles. The summed E-state index contributed by atoms with van der Waals surface area (Å²) in [4.78, 5) is 0. The van der Waals surface area contributed by atoms with Gasteiger partial charge in [0.15, 0.2) is 0 Å². The fourth-order valence-electron chi connectivity index (χ4n) is 3.20. The van der Waals surface area contributed by atoms with Crippen molar-refractivity contribution in [1.29, 1.82) is 0 Å². The van der Waals surface area contributed by atoms with Crippen LogP contribution in [0, 0.1) is 0 Å². The molecule has 0 heterocycles. The summed E-state index contributed by atoms with van der Waals surface area (Å²) in [6.07, 6.45) is 3.32. The molecule has 0 nitrogen and oxygen atoms in total. The molecule has 0 aliphatic heterocycles. The van der Waals surface area contributed by atoms with Crippen LogP contribution in [0.1, 0.15) is 44.2 Å². The van der Waals surface area contributed by atoms with Crippen LogP contribution in [0.15, 0.2) is 72.8 Å². The fourth-order valence-corrected chi connectivity index (χ4v) is 3.20. The van der Waals surface area contributed by atoms with E-state index >= 15 is 0 Å². The largest absolute Gasteiger partial charge is 0.100 e. The third-order valence-electron chi connectivity index (χ3n) is 3.93. The summed E-state index contributed by atoms with van der Waals surface area (Å²) in [7, 11) is 0. The predicted octanol–water partition coefficient (Wildman–Crippen LogP) is 5.74. The van der Waals surface area contributed by atoms with E-state index in [1.807, 2.05) is 0 Å². The Balaban J connectivity index is 2.59. The Kier molecular flexibility index (Phi) is 4.79. The molecule has 0 aliphatic carbocycles. The van der Waals surface area contributed by atoms with Crippen molar-refractivity contribution in [3.05, 3.63) is 83.9 Å². The Morgan fingerprint density at radius 1 is 0.900 bits per heavy atom. The summed E-state index contributed by atoms with van der Waals surface area (Å²) >= 11 is 0. The van der Waals surface area contributed by atoms with E-state index in [-0.39, 0.29) is 5.41 Å². The van der Waals surface area contributed by atoms with Crippen LogP contribution < -0.4 is 0 Å². The molecule has 2 aromatic rings. The molecule has 0 heteroatoms. The Hall–Kier alpha value is -1.82. The number of rotatable bonds is 6. The van der Waals surface area contributed by atoms with Gasteiger partial charge in [-0.1, -0.05) is 79.6 Å². The Bertz CT molecular complexity index is 497. The van der Waals surface area contributed by atoms with Crippen LogP contribution in [0.3, 0.4) is 0 Å². The highest BCUT2D eigenvalue weighted by molar-refractivity contribution is 5.40. The third kappa shape index (κ3) is 3.01. The summed E-state index contributed by atoms with van der Waals surface area (Å²) < 4.78 is 0. The maximum absolute atomic E-state index is 4.17. The zero-order valence-electron chi connectivity index (χ0n) is 12.6. The first-order valence-electron chi connectivity index (χ1n) is 7.44. The maximum Gasteiger partial charge on any atom is 0.0239 e. The van der Waals surface area contributed by atoms with E-state index in [1.54, 1.807) is 0 Å². The van der Waals surface area contributed by atoms with E-state index in [4.69, 9.17) is 0 Å². The number of hydrogen-bond donors (Lipinski definition) is 0. The summed E-state index contributed by atoms with van der Waals surface area (Å²) in [6.45, 7) is 8.57. The van der Waals surface area contributed by atoms with E-state index in [9.17, 15) is 0 Å². The molecule has 0 aliphatic rings. The normalized spacial score (nSPS) is 11.3. The van der Waals surface area contributed by atoms with Crippen LogP contribution in [0.25, 0.3) is 0 Å². The van der Waals surface area contributed by atoms with Gasteiger partial charge in [0.05, 0.1) is 0 Å². The van der Waals surface area contributed by atoms with Gasteiger partial charge in [0, 0.05) is 5.41 Å². The molecule has 0 amide bonds. The lowest BCUT2D eigenvalue weighted by Gasteiger charge is -2.35. The molecule has 0 fully saturated rings. The highest BCUT2D eigenvalue weighted by Gasteiger charge is 2.32. The second kappa shape index (κ2) is 6.56. The van der Waals surface area contributed by atoms with Crippen molar-refractivity contribution in [2.45, 2.75) is 38.5 Å². The highest BCUT2D eigenvalue weighted by atomic mass is 14.4. The lowest BCUT2D eigenvalue weighted by atomic mass is 9.68. The lowest BCUT2D eigenvalue weighted by molar-refractivity contribution is 0.461. The number of hydrogen-bond acceptors (Lipinski definition) is 0. The molecule has 2 rings (SSSR count). The molecule has 0 unspecified atom stereocenters. The SMILES string of the molecule is C=C(C)CC(CCC)(c1ccccc1)c1ccccc1. The first kappa shape index (κ1) is 14.6. The van der Waals surface area contributed by atoms with Crippen molar-refractivity contribution in [1.82, 2.24) is 0 Å². The van der Waals surface area contributed by atoms with Crippen LogP contribution in [-0.2, 0) is 5.41 Å². The van der Waals surface area contributed by atoms with E-state index < -0.39 is 0 Å². The molecule has 20 heavy (non-hydrogen) atoms. The van der Waals surface area contributed by atoms with E-state index in [1.165, 1.54) is 16.7 Å². The monoisotopic (exact) mass is 264 g/mol. The molecular weight excluding hydrogens is 240 g/mol. The van der Waals surface area contributed by atoms with Gasteiger partial charge in [-0.3, -0.25) is 0 Å². The smallest absolute Gasteiger partial charge is 0.0239 e. The summed E-state index contributed by atoms with van der Waals surface area (Å²) in [5.74, 6) is 0. The zero-order valence-corrected chi connectivity index (χ0v) is 12.6. The Morgan fingerprint density at radius 3 is 1.70 bits per heavy atom. The second-order valence-corrected chi connectivity index (χ2v) is 5.70. The van der Waals surface area contributed by atoms with Gasteiger partial charge in [0.2, 0.25) is 0 Å². The molecule has 2 aromatic carbocycles. The average Bonchev–Trinajstić information content (AvgIpc) is 2.48. The Morgan fingerprint density at radius 2 is 1.35 bits per heavy atom. The zero-order chi connectivity index (χ0) is 14.4. The van der Waals surface area contributed by atoms with E-state index in [2.05, 4.69) is 81.1 Å². The number of allylic oxidation sites excluding steroid dienone is 1. The van der Waals surface area contributed by atoms with Crippen LogP contribution in [0.4, 0.5) is 0 Å². The molecule has 0 bridgehead atoms. The van der Waals surface area contributed by atoms with Gasteiger partial charge in [-0.05, 0) is 30.9 Å². The van der Waals surface area contributed by atoms with Crippen molar-refractivity contribution in [2.75, 3.05) is 0 Å². The first-order chi connectivity index (χ1) is 9.69. The molecule has 0 atom stereocenters. The van der Waals surface area contributed by atoms with Crippen LogP contribution in [-0.4, -0.2) is 0 Å². The van der Waals surface area contributed by atoms with Gasteiger partial charge in [0.25, 0.3) is 0 Å². The van der Waals surface area contributed by atoms with Gasteiger partial charge in [-0.25, -0.2) is 0 Å². The molecule has 0 spiro atoms. The minimum Gasteiger partial charge on any atom is -0.100 e. The van der Waals surface area contributed by atoms with Crippen molar-refractivity contribution in [3.8, 4) is 0 Å². The quantitative estimate of drug-likeness (QED) is 0.584. The summed E-state index contributed by atoms with van der Waals surface area (Å²) in [5, 5.41) is 0. The van der Waals surface area contributed by atoms with Gasteiger partial charge in [0.1, 0.15) is 0 Å². The molecule has 104 valence electrons. The molecular formula is C20H24. The Labute approximate surface area is 123 Å². The topological polar surface area (TPSA) is 0 Å². The second-order valence-electron chi connectivity index (χ2n) is 5.70. The van der Waals surface area contributed by atoms with Gasteiger partial charge >= 0.3 is 0 Å². The van der Waals surface area contributed by atoms with Crippen molar-refractivity contribution in [3.63, 3.8) is 0 Å². The highest BCUT2D eigenvalue weighted by Crippen LogP contribution is 2.41. The summed E-state index contributed by atoms with van der Waals surface area (Å²) in [6, 6.07) is 21.8. The number of benzene rings is 2. The maximum atomic E-state index is 4.17. The van der Waals surface area contributed by atoms with E-state index in [0.29, 0.717) is 0 Å². The van der Waals surface area contributed by atoms with Gasteiger partial charge in [-0.15, -0.1) is 6.58 Å². The standard InChI is InChI=1S/C20H24/c1-4-15-20(16-17(2)3,18-11-7-5-8-12-18)19-13-9-6-10-14-19/h5-14H,2,4,15-16H2,1,3H3. The van der Waals surface area contributed by atoms with Gasteiger partial charge < -0.3 is 0 Å². The van der Waals surface area contributed by atoms with Crippen LogP contribution >= 0.6 is 0 Å². The van der Waals surface area contributed by atoms with E-state index in [0.717, 1.165) is 19.3 Å². The summed E-state index contributed by atoms with van der Waals surface area (Å²) in [5.41, 5.74) is 4.10. The third-order valence-corrected chi connectivity index (χ3v) is 3.93. The van der Waals surface area contributed by atoms with Crippen molar-refractivity contribution in [2.24, 2.45) is 0 Å². The fraction of sp³-hybridized carbons (Fsp3) is 0.300. The molecule has 0 N–H and O–H groups in total. The molecule has 0 radical (unpaired) electrons. The lowest BCUT2D eigenvalue weighted by Crippen LogP contribution is -2.28. The van der Waals surface area contributed by atoms with Gasteiger partial charge in [-0.2, -0.15) is 0 Å². The molecule has 0 aromatic heterocycles. The van der Waals surface area contributed by atoms with Crippen molar-refractivity contribution < 1.29 is 0 Å². The minimum atomic E-state index is 0.0586. The first-order valence-corrected chi connectivity index (χ1v) is 7.44. The predicted molar refractivity (Wildman–Crippen MR) is 88.0 cm³/mol.